The van der Waals surface area contributed by atoms with Gasteiger partial charge in [-0.25, -0.2) is 9.18 Å². The molecule has 0 aliphatic carbocycles. The standard InChI is InChI=1S/C14H15FN2O3S/c15-10-4-2-1-3-9(10)11(18)7-17-12(19)14(16-13(17)20)5-6-21-8-14/h1-4,11,18H,5-8H2,(H,16,20). The zero-order valence-electron chi connectivity index (χ0n) is 11.2. The van der Waals surface area contributed by atoms with E-state index >= 15 is 0 Å². The van der Waals surface area contributed by atoms with Gasteiger partial charge in [0.1, 0.15) is 11.4 Å². The maximum absolute atomic E-state index is 13.6. The predicted molar refractivity (Wildman–Crippen MR) is 76.3 cm³/mol. The van der Waals surface area contributed by atoms with Crippen molar-refractivity contribution in [2.24, 2.45) is 0 Å². The first-order valence-electron chi connectivity index (χ1n) is 6.68. The highest BCUT2D eigenvalue weighted by Crippen LogP contribution is 2.34. The van der Waals surface area contributed by atoms with E-state index in [0.717, 1.165) is 10.7 Å². The zero-order chi connectivity index (χ0) is 15.0. The van der Waals surface area contributed by atoms with Crippen molar-refractivity contribution in [3.63, 3.8) is 0 Å². The van der Waals surface area contributed by atoms with Crippen LogP contribution in [0.15, 0.2) is 24.3 Å². The SMILES string of the molecule is O=C1NC2(CCSC2)C(=O)N1CC(O)c1ccccc1F. The van der Waals surface area contributed by atoms with E-state index in [9.17, 15) is 19.1 Å². The molecule has 1 spiro atoms. The van der Waals surface area contributed by atoms with Crippen LogP contribution >= 0.6 is 11.8 Å². The molecule has 1 aromatic rings. The van der Waals surface area contributed by atoms with Crippen molar-refractivity contribution in [1.29, 1.82) is 0 Å². The summed E-state index contributed by atoms with van der Waals surface area (Å²) in [5.41, 5.74) is -0.753. The van der Waals surface area contributed by atoms with Crippen LogP contribution in [0.1, 0.15) is 18.1 Å². The number of urea groups is 1. The van der Waals surface area contributed by atoms with Crippen LogP contribution in [0.3, 0.4) is 0 Å². The highest BCUT2D eigenvalue weighted by atomic mass is 32.2. The molecule has 1 aromatic carbocycles. The Hall–Kier alpha value is -1.60. The predicted octanol–water partition coefficient (Wildman–Crippen LogP) is 1.29. The van der Waals surface area contributed by atoms with Crippen LogP contribution in [0.25, 0.3) is 0 Å². The fraction of sp³-hybridized carbons (Fsp3) is 0.429. The van der Waals surface area contributed by atoms with Crippen LogP contribution in [-0.2, 0) is 4.79 Å². The molecule has 3 rings (SSSR count). The maximum atomic E-state index is 13.6. The Balaban J connectivity index is 1.77. The molecule has 5 nitrogen and oxygen atoms in total. The number of imide groups is 1. The lowest BCUT2D eigenvalue weighted by Crippen LogP contribution is -2.47. The number of nitrogens with zero attached hydrogens (tertiary/aromatic N) is 1. The molecule has 2 saturated heterocycles. The summed E-state index contributed by atoms with van der Waals surface area (Å²) in [6, 6.07) is 5.28. The van der Waals surface area contributed by atoms with Gasteiger partial charge in [-0.3, -0.25) is 9.69 Å². The summed E-state index contributed by atoms with van der Waals surface area (Å²) in [6.07, 6.45) is -0.640. The number of carbonyl (C=O) groups is 2. The van der Waals surface area contributed by atoms with E-state index in [2.05, 4.69) is 5.32 Å². The van der Waals surface area contributed by atoms with Gasteiger partial charge in [-0.2, -0.15) is 11.8 Å². The number of thioether (sulfide) groups is 1. The Morgan fingerprint density at radius 1 is 1.43 bits per heavy atom. The first-order chi connectivity index (χ1) is 10.0. The van der Waals surface area contributed by atoms with Crippen molar-refractivity contribution in [3.8, 4) is 0 Å². The van der Waals surface area contributed by atoms with Gasteiger partial charge in [0, 0.05) is 11.3 Å². The van der Waals surface area contributed by atoms with Crippen LogP contribution < -0.4 is 5.32 Å². The lowest BCUT2D eigenvalue weighted by molar-refractivity contribution is -0.131. The van der Waals surface area contributed by atoms with Crippen molar-refractivity contribution < 1.29 is 19.1 Å². The number of hydrogen-bond acceptors (Lipinski definition) is 4. The molecule has 2 heterocycles. The molecule has 112 valence electrons. The van der Waals surface area contributed by atoms with Crippen LogP contribution in [0.4, 0.5) is 9.18 Å². The smallest absolute Gasteiger partial charge is 0.325 e. The third kappa shape index (κ3) is 2.40. The van der Waals surface area contributed by atoms with Gasteiger partial charge in [-0.1, -0.05) is 18.2 Å². The van der Waals surface area contributed by atoms with Gasteiger partial charge < -0.3 is 10.4 Å². The third-order valence-electron chi connectivity index (χ3n) is 3.89. The second kappa shape index (κ2) is 5.31. The lowest BCUT2D eigenvalue weighted by Gasteiger charge is -2.21. The third-order valence-corrected chi connectivity index (χ3v) is 5.08. The first-order valence-corrected chi connectivity index (χ1v) is 7.83. The summed E-state index contributed by atoms with van der Waals surface area (Å²) in [4.78, 5) is 25.4. The van der Waals surface area contributed by atoms with E-state index in [0.29, 0.717) is 12.2 Å². The molecular formula is C14H15FN2O3S. The van der Waals surface area contributed by atoms with Crippen molar-refractivity contribution in [1.82, 2.24) is 10.2 Å². The summed E-state index contributed by atoms with van der Waals surface area (Å²) < 4.78 is 13.6. The van der Waals surface area contributed by atoms with E-state index < -0.39 is 23.5 Å². The fourth-order valence-corrected chi connectivity index (χ4v) is 4.02. The average Bonchev–Trinajstić information content (AvgIpc) is 3.01. The molecule has 0 saturated carbocycles. The Bertz CT molecular complexity index is 589. The number of rotatable bonds is 3. The molecule has 2 N–H and O–H groups in total. The molecule has 0 bridgehead atoms. The summed E-state index contributed by atoms with van der Waals surface area (Å²) >= 11 is 1.61. The highest BCUT2D eigenvalue weighted by molar-refractivity contribution is 7.99. The molecular weight excluding hydrogens is 295 g/mol. The number of amides is 3. The second-order valence-corrected chi connectivity index (χ2v) is 6.37. The van der Waals surface area contributed by atoms with Gasteiger partial charge >= 0.3 is 6.03 Å². The van der Waals surface area contributed by atoms with Crippen molar-refractivity contribution >= 4 is 23.7 Å². The van der Waals surface area contributed by atoms with Crippen molar-refractivity contribution in [2.45, 2.75) is 18.1 Å². The largest absolute Gasteiger partial charge is 0.386 e. The molecule has 2 atom stereocenters. The van der Waals surface area contributed by atoms with Crippen LogP contribution in [0.2, 0.25) is 0 Å². The number of halogens is 1. The first kappa shape index (κ1) is 14.3. The summed E-state index contributed by atoms with van der Waals surface area (Å²) in [5.74, 6) is 0.482. The molecule has 3 amide bonds. The highest BCUT2D eigenvalue weighted by Gasteiger charge is 2.53. The molecule has 0 aromatic heterocycles. The molecule has 2 aliphatic rings. The minimum absolute atomic E-state index is 0.0832. The molecule has 0 radical (unpaired) electrons. The van der Waals surface area contributed by atoms with E-state index in [-0.39, 0.29) is 18.0 Å². The van der Waals surface area contributed by atoms with Crippen molar-refractivity contribution in [2.75, 3.05) is 18.1 Å². The quantitative estimate of drug-likeness (QED) is 0.825. The number of aliphatic hydroxyl groups is 1. The minimum Gasteiger partial charge on any atom is -0.386 e. The minimum atomic E-state index is -1.23. The van der Waals surface area contributed by atoms with E-state index in [1.807, 2.05) is 0 Å². The van der Waals surface area contributed by atoms with E-state index in [4.69, 9.17) is 0 Å². The summed E-state index contributed by atoms with van der Waals surface area (Å²) in [5, 5.41) is 12.8. The van der Waals surface area contributed by atoms with Gasteiger partial charge in [0.05, 0.1) is 12.6 Å². The fourth-order valence-electron chi connectivity index (χ4n) is 2.69. The monoisotopic (exact) mass is 310 g/mol. The molecule has 21 heavy (non-hydrogen) atoms. The Morgan fingerprint density at radius 2 is 2.19 bits per heavy atom. The van der Waals surface area contributed by atoms with E-state index in [1.54, 1.807) is 17.8 Å². The average molecular weight is 310 g/mol. The van der Waals surface area contributed by atoms with Crippen molar-refractivity contribution in [3.05, 3.63) is 35.6 Å². The normalized spacial score (nSPS) is 26.5. The number of benzene rings is 1. The topological polar surface area (TPSA) is 69.6 Å². The summed E-state index contributed by atoms with van der Waals surface area (Å²) in [7, 11) is 0. The van der Waals surface area contributed by atoms with Gasteiger partial charge in [-0.15, -0.1) is 0 Å². The number of hydrogen-bond donors (Lipinski definition) is 2. The number of nitrogens with one attached hydrogen (secondary N) is 1. The van der Waals surface area contributed by atoms with Gasteiger partial charge in [0.2, 0.25) is 0 Å². The number of β-amino-alcohol motifs (C(OH)–C–C–N with tert-alkyl or cyclic N) is 1. The maximum Gasteiger partial charge on any atom is 0.325 e. The number of aliphatic hydroxyl groups excluding tert-OH is 1. The van der Waals surface area contributed by atoms with Gasteiger partial charge in [0.15, 0.2) is 0 Å². The van der Waals surface area contributed by atoms with Crippen LogP contribution in [0, 0.1) is 5.82 Å². The van der Waals surface area contributed by atoms with Crippen LogP contribution in [-0.4, -0.2) is 45.5 Å². The Kier molecular flexibility index (Phi) is 3.62. The molecule has 7 heteroatoms. The second-order valence-electron chi connectivity index (χ2n) is 5.27. The Morgan fingerprint density at radius 3 is 2.86 bits per heavy atom. The molecule has 2 unspecified atom stereocenters. The lowest BCUT2D eigenvalue weighted by atomic mass is 9.99. The molecule has 2 fully saturated rings. The zero-order valence-corrected chi connectivity index (χ0v) is 12.0. The summed E-state index contributed by atoms with van der Waals surface area (Å²) in [6.45, 7) is -0.238. The van der Waals surface area contributed by atoms with Gasteiger partial charge in [-0.05, 0) is 18.2 Å². The Labute approximate surface area is 125 Å². The number of carbonyl (C=O) groups excluding carboxylic acids is 2. The van der Waals surface area contributed by atoms with Gasteiger partial charge in [0.25, 0.3) is 5.91 Å². The molecule has 2 aliphatic heterocycles. The van der Waals surface area contributed by atoms with Crippen LogP contribution in [0.5, 0.6) is 0 Å². The van der Waals surface area contributed by atoms with E-state index in [1.165, 1.54) is 18.2 Å².